The van der Waals surface area contributed by atoms with Gasteiger partial charge in [-0.15, -0.1) is 0 Å². The second-order valence-electron chi connectivity index (χ2n) is 6.19. The van der Waals surface area contributed by atoms with Gasteiger partial charge in [0.2, 0.25) is 0 Å². The van der Waals surface area contributed by atoms with Crippen LogP contribution in [0.15, 0.2) is 35.3 Å². The minimum absolute atomic E-state index is 0.670. The molecule has 2 unspecified atom stereocenters. The lowest BCUT2D eigenvalue weighted by Gasteiger charge is -2.39. The predicted molar refractivity (Wildman–Crippen MR) is 84.1 cm³/mol. The number of aliphatic imine (C=N–C) groups is 1. The fourth-order valence-electron chi connectivity index (χ4n) is 3.24. The summed E-state index contributed by atoms with van der Waals surface area (Å²) in [4.78, 5) is 6.89. The predicted octanol–water partition coefficient (Wildman–Crippen LogP) is 2.85. The molecule has 20 heavy (non-hydrogen) atoms. The molecule has 1 saturated heterocycles. The zero-order valence-corrected chi connectivity index (χ0v) is 12.5. The Morgan fingerprint density at radius 2 is 1.95 bits per heavy atom. The maximum Gasteiger partial charge on any atom is 0.193 e. The summed E-state index contributed by atoms with van der Waals surface area (Å²) in [7, 11) is 1.90. The molecule has 1 aliphatic heterocycles. The van der Waals surface area contributed by atoms with Gasteiger partial charge in [-0.3, -0.25) is 4.99 Å². The number of rotatable bonds is 2. The van der Waals surface area contributed by atoms with E-state index in [2.05, 4.69) is 52.5 Å². The van der Waals surface area contributed by atoms with Crippen molar-refractivity contribution in [2.24, 2.45) is 10.9 Å². The number of hydrogen-bond donors (Lipinski definition) is 1. The quantitative estimate of drug-likeness (QED) is 0.661. The molecule has 1 aliphatic carbocycles. The Hall–Kier alpha value is -1.51. The minimum atomic E-state index is 0.670. The number of nitrogens with zero attached hydrogens (tertiary/aromatic N) is 2. The second-order valence-corrected chi connectivity index (χ2v) is 6.19. The fourth-order valence-corrected chi connectivity index (χ4v) is 3.24. The van der Waals surface area contributed by atoms with Gasteiger partial charge in [0, 0.05) is 26.2 Å². The van der Waals surface area contributed by atoms with Crippen LogP contribution in [0.1, 0.15) is 37.7 Å². The third-order valence-corrected chi connectivity index (χ3v) is 4.55. The lowest BCUT2D eigenvalue weighted by Crippen LogP contribution is -2.48. The van der Waals surface area contributed by atoms with E-state index in [1.165, 1.54) is 24.8 Å². The molecular formula is C17H25N3. The van der Waals surface area contributed by atoms with Crippen molar-refractivity contribution in [3.63, 3.8) is 0 Å². The monoisotopic (exact) mass is 271 g/mol. The first-order valence-corrected chi connectivity index (χ1v) is 7.81. The van der Waals surface area contributed by atoms with Crippen LogP contribution >= 0.6 is 0 Å². The van der Waals surface area contributed by atoms with Gasteiger partial charge in [0.25, 0.3) is 0 Å². The summed E-state index contributed by atoms with van der Waals surface area (Å²) in [6.07, 6.45) is 3.82. The minimum Gasteiger partial charge on any atom is -0.354 e. The van der Waals surface area contributed by atoms with Crippen LogP contribution in [0.4, 0.5) is 0 Å². The van der Waals surface area contributed by atoms with Gasteiger partial charge in [0.1, 0.15) is 0 Å². The topological polar surface area (TPSA) is 27.6 Å². The smallest absolute Gasteiger partial charge is 0.193 e. The van der Waals surface area contributed by atoms with Crippen LogP contribution in [-0.4, -0.2) is 37.0 Å². The molecule has 2 atom stereocenters. The molecule has 1 N–H and O–H groups in total. The van der Waals surface area contributed by atoms with E-state index in [1.807, 2.05) is 7.05 Å². The summed E-state index contributed by atoms with van der Waals surface area (Å²) < 4.78 is 0. The van der Waals surface area contributed by atoms with Gasteiger partial charge in [-0.2, -0.15) is 0 Å². The van der Waals surface area contributed by atoms with E-state index in [0.29, 0.717) is 17.9 Å². The highest BCUT2D eigenvalue weighted by Gasteiger charge is 2.30. The highest BCUT2D eigenvalue weighted by Crippen LogP contribution is 2.32. The largest absolute Gasteiger partial charge is 0.354 e. The van der Waals surface area contributed by atoms with E-state index < -0.39 is 0 Å². The molecule has 1 aromatic carbocycles. The normalized spacial score (nSPS) is 27.5. The van der Waals surface area contributed by atoms with Gasteiger partial charge in [0.15, 0.2) is 5.96 Å². The Labute approximate surface area is 122 Å². The lowest BCUT2D eigenvalue weighted by atomic mass is 9.82. The van der Waals surface area contributed by atoms with Crippen LogP contribution in [0.25, 0.3) is 0 Å². The Bertz CT molecular complexity index is 464. The molecule has 3 heteroatoms. The van der Waals surface area contributed by atoms with Crippen LogP contribution < -0.4 is 5.32 Å². The Kier molecular flexibility index (Phi) is 3.95. The molecule has 0 amide bonds. The number of nitrogens with one attached hydrogen (secondary N) is 1. The molecule has 108 valence electrons. The van der Waals surface area contributed by atoms with E-state index in [9.17, 15) is 0 Å². The summed E-state index contributed by atoms with van der Waals surface area (Å²) in [5.41, 5.74) is 1.49. The van der Waals surface area contributed by atoms with Gasteiger partial charge < -0.3 is 10.2 Å². The molecule has 0 spiro atoms. The Balaban J connectivity index is 1.64. The van der Waals surface area contributed by atoms with Crippen molar-refractivity contribution in [3.05, 3.63) is 35.9 Å². The molecular weight excluding hydrogens is 246 g/mol. The van der Waals surface area contributed by atoms with Crippen LogP contribution in [0.5, 0.6) is 0 Å². The van der Waals surface area contributed by atoms with Crippen LogP contribution in [0.2, 0.25) is 0 Å². The molecule has 1 aromatic rings. The summed E-state index contributed by atoms with van der Waals surface area (Å²) in [5, 5.41) is 3.56. The molecule has 1 saturated carbocycles. The highest BCUT2D eigenvalue weighted by atomic mass is 15.3. The number of benzene rings is 1. The van der Waals surface area contributed by atoms with Crippen LogP contribution in [0.3, 0.4) is 0 Å². The fraction of sp³-hybridized carbons (Fsp3) is 0.588. The molecule has 0 radical (unpaired) electrons. The zero-order chi connectivity index (χ0) is 13.9. The second kappa shape index (κ2) is 5.86. The lowest BCUT2D eigenvalue weighted by molar-refractivity contribution is 0.234. The maximum absolute atomic E-state index is 4.46. The number of piperidine rings is 1. The molecule has 2 fully saturated rings. The van der Waals surface area contributed by atoms with Crippen molar-refractivity contribution in [1.82, 2.24) is 10.2 Å². The van der Waals surface area contributed by atoms with E-state index in [4.69, 9.17) is 0 Å². The van der Waals surface area contributed by atoms with Crippen molar-refractivity contribution < 1.29 is 0 Å². The van der Waals surface area contributed by atoms with Crippen molar-refractivity contribution in [3.8, 4) is 0 Å². The van der Waals surface area contributed by atoms with E-state index in [0.717, 1.165) is 19.0 Å². The van der Waals surface area contributed by atoms with Crippen molar-refractivity contribution in [1.29, 1.82) is 0 Å². The van der Waals surface area contributed by atoms with Crippen molar-refractivity contribution in [2.75, 3.05) is 20.1 Å². The van der Waals surface area contributed by atoms with Gasteiger partial charge in [0.05, 0.1) is 0 Å². The molecule has 0 bridgehead atoms. The Morgan fingerprint density at radius 3 is 2.55 bits per heavy atom. The van der Waals surface area contributed by atoms with Crippen molar-refractivity contribution >= 4 is 5.96 Å². The first-order chi connectivity index (χ1) is 9.78. The van der Waals surface area contributed by atoms with E-state index >= 15 is 0 Å². The average Bonchev–Trinajstić information content (AvgIpc) is 3.29. The van der Waals surface area contributed by atoms with Gasteiger partial charge in [-0.05, 0) is 36.7 Å². The van der Waals surface area contributed by atoms with Gasteiger partial charge in [-0.1, -0.05) is 37.3 Å². The summed E-state index contributed by atoms with van der Waals surface area (Å²) in [5.74, 6) is 2.46. The standard InChI is InChI=1S/C17H25N3/c1-13-12-20(17(18-2)19-15-8-9-15)11-10-16(13)14-6-4-3-5-7-14/h3-7,13,15-16H,8-12H2,1-2H3,(H,18,19). The first kappa shape index (κ1) is 13.5. The molecule has 3 rings (SSSR count). The van der Waals surface area contributed by atoms with Crippen LogP contribution in [0, 0.1) is 5.92 Å². The van der Waals surface area contributed by atoms with Crippen molar-refractivity contribution in [2.45, 2.75) is 38.1 Å². The zero-order valence-electron chi connectivity index (χ0n) is 12.5. The molecule has 2 aliphatic rings. The third kappa shape index (κ3) is 2.97. The first-order valence-electron chi connectivity index (χ1n) is 7.81. The maximum atomic E-state index is 4.46. The molecule has 0 aromatic heterocycles. The number of guanidine groups is 1. The molecule has 3 nitrogen and oxygen atoms in total. The average molecular weight is 271 g/mol. The van der Waals surface area contributed by atoms with E-state index in [-0.39, 0.29) is 0 Å². The number of hydrogen-bond acceptors (Lipinski definition) is 1. The summed E-state index contributed by atoms with van der Waals surface area (Å²) >= 11 is 0. The third-order valence-electron chi connectivity index (χ3n) is 4.55. The summed E-state index contributed by atoms with van der Waals surface area (Å²) in [6, 6.07) is 11.6. The SMILES string of the molecule is CN=C(NC1CC1)N1CCC(c2ccccc2)C(C)C1. The van der Waals surface area contributed by atoms with Crippen LogP contribution in [-0.2, 0) is 0 Å². The van der Waals surface area contributed by atoms with E-state index in [1.54, 1.807) is 0 Å². The highest BCUT2D eigenvalue weighted by molar-refractivity contribution is 5.80. The Morgan fingerprint density at radius 1 is 1.20 bits per heavy atom. The van der Waals surface area contributed by atoms with Gasteiger partial charge in [-0.25, -0.2) is 0 Å². The van der Waals surface area contributed by atoms with Gasteiger partial charge >= 0.3 is 0 Å². The number of likely N-dealkylation sites (tertiary alicyclic amines) is 1. The molecule has 1 heterocycles. The summed E-state index contributed by atoms with van der Waals surface area (Å²) in [6.45, 7) is 4.58.